The topological polar surface area (TPSA) is 64.7 Å². The zero-order valence-electron chi connectivity index (χ0n) is 9.64. The second kappa shape index (κ2) is 4.55. The molecule has 3 aromatic rings. The van der Waals surface area contributed by atoms with Gasteiger partial charge in [-0.15, -0.1) is 0 Å². The number of nitrogens with zero attached hydrogens (tertiary/aromatic N) is 3. The zero-order valence-corrected chi connectivity index (χ0v) is 11.2. The minimum Gasteiger partial charge on any atom is -0.382 e. The zero-order chi connectivity index (χ0) is 13.4. The Labute approximate surface area is 116 Å². The third kappa shape index (κ3) is 2.04. The molecule has 0 saturated carbocycles. The summed E-state index contributed by atoms with van der Waals surface area (Å²) >= 11 is 3.46. The molecule has 94 valence electrons. The summed E-state index contributed by atoms with van der Waals surface area (Å²) in [5.74, 6) is -0.000879. The van der Waals surface area contributed by atoms with Crippen LogP contribution in [0.3, 0.4) is 0 Å². The fraction of sp³-hybridized carbons (Fsp3) is 0. The molecule has 0 atom stereocenters. The van der Waals surface area contributed by atoms with Crippen molar-refractivity contribution in [1.82, 2.24) is 15.0 Å². The summed E-state index contributed by atoms with van der Waals surface area (Å²) in [5.41, 5.74) is 8.43. The van der Waals surface area contributed by atoms with E-state index < -0.39 is 0 Å². The first-order chi connectivity index (χ1) is 9.16. The van der Waals surface area contributed by atoms with Gasteiger partial charge in [0.15, 0.2) is 5.82 Å². The van der Waals surface area contributed by atoms with Crippen LogP contribution in [0.4, 0.5) is 10.2 Å². The number of hydrogen-bond donors (Lipinski definition) is 1. The molecular weight excluding hydrogens is 311 g/mol. The summed E-state index contributed by atoms with van der Waals surface area (Å²) in [6.45, 7) is 0. The number of hydrogen-bond acceptors (Lipinski definition) is 4. The van der Waals surface area contributed by atoms with Gasteiger partial charge in [-0.1, -0.05) is 0 Å². The van der Waals surface area contributed by atoms with Crippen molar-refractivity contribution in [3.8, 4) is 11.3 Å². The van der Waals surface area contributed by atoms with Crippen LogP contribution in [-0.2, 0) is 0 Å². The number of fused-ring (bicyclic) bond motifs is 1. The van der Waals surface area contributed by atoms with Crippen LogP contribution in [0.25, 0.3) is 22.3 Å². The molecule has 3 rings (SSSR count). The molecule has 0 aliphatic carbocycles. The lowest BCUT2D eigenvalue weighted by Gasteiger charge is -2.08. The average molecular weight is 319 g/mol. The van der Waals surface area contributed by atoms with E-state index in [-0.39, 0.29) is 5.82 Å². The first-order valence-corrected chi connectivity index (χ1v) is 6.28. The van der Waals surface area contributed by atoms with Crippen molar-refractivity contribution in [2.24, 2.45) is 0 Å². The van der Waals surface area contributed by atoms with Gasteiger partial charge in [0.2, 0.25) is 0 Å². The molecule has 0 unspecified atom stereocenters. The predicted molar refractivity (Wildman–Crippen MR) is 74.8 cm³/mol. The SMILES string of the molecule is Nc1nc(-c2ccc(F)cc2)c(Br)c2nccnc12. The minimum atomic E-state index is -0.298. The highest BCUT2D eigenvalue weighted by atomic mass is 79.9. The standard InChI is InChI=1S/C13H8BrFN4/c14-9-10(7-1-3-8(15)4-2-7)19-13(16)12-11(9)17-5-6-18-12/h1-6H,(H2,16,19). The van der Waals surface area contributed by atoms with E-state index >= 15 is 0 Å². The van der Waals surface area contributed by atoms with Crippen molar-refractivity contribution < 1.29 is 4.39 Å². The molecule has 19 heavy (non-hydrogen) atoms. The molecule has 0 spiro atoms. The maximum atomic E-state index is 13.0. The van der Waals surface area contributed by atoms with Gasteiger partial charge in [0.05, 0.1) is 10.2 Å². The van der Waals surface area contributed by atoms with E-state index in [2.05, 4.69) is 30.9 Å². The highest BCUT2D eigenvalue weighted by Gasteiger charge is 2.13. The Morgan fingerprint density at radius 3 is 2.32 bits per heavy atom. The molecule has 0 bridgehead atoms. The Morgan fingerprint density at radius 1 is 1.00 bits per heavy atom. The summed E-state index contributed by atoms with van der Waals surface area (Å²) < 4.78 is 13.6. The number of benzene rings is 1. The molecule has 0 saturated heterocycles. The fourth-order valence-corrected chi connectivity index (χ4v) is 2.43. The first kappa shape index (κ1) is 12.0. The normalized spacial score (nSPS) is 10.8. The highest BCUT2D eigenvalue weighted by Crippen LogP contribution is 2.33. The van der Waals surface area contributed by atoms with Crippen LogP contribution in [-0.4, -0.2) is 15.0 Å². The van der Waals surface area contributed by atoms with Crippen molar-refractivity contribution in [2.75, 3.05) is 5.73 Å². The Bertz CT molecular complexity index is 758. The molecule has 0 amide bonds. The molecule has 0 fully saturated rings. The molecule has 1 aromatic carbocycles. The van der Waals surface area contributed by atoms with Crippen molar-refractivity contribution in [1.29, 1.82) is 0 Å². The fourth-order valence-electron chi connectivity index (χ4n) is 1.82. The summed E-state index contributed by atoms with van der Waals surface area (Å²) in [7, 11) is 0. The van der Waals surface area contributed by atoms with Gasteiger partial charge in [0.1, 0.15) is 16.9 Å². The summed E-state index contributed by atoms with van der Waals surface area (Å²) in [6, 6.07) is 6.04. The van der Waals surface area contributed by atoms with E-state index in [0.29, 0.717) is 27.0 Å². The van der Waals surface area contributed by atoms with Gasteiger partial charge in [0.25, 0.3) is 0 Å². The Hall–Kier alpha value is -2.08. The van der Waals surface area contributed by atoms with E-state index in [1.54, 1.807) is 24.5 Å². The smallest absolute Gasteiger partial charge is 0.152 e. The van der Waals surface area contributed by atoms with Crippen molar-refractivity contribution >= 4 is 32.8 Å². The summed E-state index contributed by atoms with van der Waals surface area (Å²) in [4.78, 5) is 12.7. The van der Waals surface area contributed by atoms with E-state index in [1.165, 1.54) is 12.1 Å². The van der Waals surface area contributed by atoms with Crippen LogP contribution in [0.5, 0.6) is 0 Å². The van der Waals surface area contributed by atoms with Crippen LogP contribution in [0.1, 0.15) is 0 Å². The summed E-state index contributed by atoms with van der Waals surface area (Å²) in [6.07, 6.45) is 3.14. The number of rotatable bonds is 1. The van der Waals surface area contributed by atoms with Crippen LogP contribution in [0.2, 0.25) is 0 Å². The number of nitrogens with two attached hydrogens (primary N) is 1. The van der Waals surface area contributed by atoms with Gasteiger partial charge in [-0.3, -0.25) is 4.98 Å². The first-order valence-electron chi connectivity index (χ1n) is 5.48. The van der Waals surface area contributed by atoms with Gasteiger partial charge < -0.3 is 5.73 Å². The lowest BCUT2D eigenvalue weighted by Crippen LogP contribution is -1.99. The molecule has 0 aliphatic rings. The maximum Gasteiger partial charge on any atom is 0.152 e. The molecule has 4 nitrogen and oxygen atoms in total. The van der Waals surface area contributed by atoms with Gasteiger partial charge in [-0.05, 0) is 40.2 Å². The van der Waals surface area contributed by atoms with Crippen LogP contribution < -0.4 is 5.73 Å². The molecule has 2 heterocycles. The van der Waals surface area contributed by atoms with E-state index in [1.807, 2.05) is 0 Å². The number of nitrogen functional groups attached to an aromatic ring is 1. The Balaban J connectivity index is 2.30. The largest absolute Gasteiger partial charge is 0.382 e. The average Bonchev–Trinajstić information content (AvgIpc) is 2.44. The maximum absolute atomic E-state index is 13.0. The van der Waals surface area contributed by atoms with Crippen LogP contribution >= 0.6 is 15.9 Å². The Morgan fingerprint density at radius 2 is 1.63 bits per heavy atom. The van der Waals surface area contributed by atoms with E-state index in [0.717, 1.165) is 5.56 Å². The van der Waals surface area contributed by atoms with E-state index in [9.17, 15) is 4.39 Å². The Kier molecular flexibility index (Phi) is 2.87. The van der Waals surface area contributed by atoms with E-state index in [4.69, 9.17) is 5.73 Å². The minimum absolute atomic E-state index is 0.297. The van der Waals surface area contributed by atoms with Crippen molar-refractivity contribution in [3.05, 3.63) is 46.9 Å². The number of halogens is 2. The molecule has 6 heteroatoms. The monoisotopic (exact) mass is 318 g/mol. The van der Waals surface area contributed by atoms with Gasteiger partial charge in [-0.25, -0.2) is 14.4 Å². The molecule has 2 N–H and O–H groups in total. The second-order valence-corrected chi connectivity index (χ2v) is 4.71. The van der Waals surface area contributed by atoms with Gasteiger partial charge in [0, 0.05) is 18.0 Å². The number of pyridine rings is 1. The molecule has 0 radical (unpaired) electrons. The second-order valence-electron chi connectivity index (χ2n) is 3.92. The van der Waals surface area contributed by atoms with Crippen molar-refractivity contribution in [2.45, 2.75) is 0 Å². The lowest BCUT2D eigenvalue weighted by atomic mass is 10.1. The van der Waals surface area contributed by atoms with Crippen LogP contribution in [0, 0.1) is 5.82 Å². The predicted octanol–water partition coefficient (Wildman–Crippen LogP) is 3.18. The number of aromatic nitrogens is 3. The van der Waals surface area contributed by atoms with Gasteiger partial charge in [-0.2, -0.15) is 0 Å². The third-order valence-corrected chi connectivity index (χ3v) is 3.46. The molecule has 2 aromatic heterocycles. The van der Waals surface area contributed by atoms with Crippen LogP contribution in [0.15, 0.2) is 41.1 Å². The quantitative estimate of drug-likeness (QED) is 0.748. The molecule has 0 aliphatic heterocycles. The summed E-state index contributed by atoms with van der Waals surface area (Å²) in [5, 5.41) is 0. The third-order valence-electron chi connectivity index (χ3n) is 2.71. The van der Waals surface area contributed by atoms with Gasteiger partial charge >= 0.3 is 0 Å². The molecular formula is C13H8BrFN4. The number of anilines is 1. The lowest BCUT2D eigenvalue weighted by molar-refractivity contribution is 0.628. The van der Waals surface area contributed by atoms with Crippen molar-refractivity contribution in [3.63, 3.8) is 0 Å². The highest BCUT2D eigenvalue weighted by molar-refractivity contribution is 9.10.